The maximum atomic E-state index is 12.5. The number of nitrogens with two attached hydrogens (primary N) is 1. The second-order valence-electron chi connectivity index (χ2n) is 5.52. The van der Waals surface area contributed by atoms with Gasteiger partial charge in [-0.2, -0.15) is 0 Å². The quantitative estimate of drug-likeness (QED) is 0.683. The van der Waals surface area contributed by atoms with Crippen LogP contribution in [-0.4, -0.2) is 43.0 Å². The molecule has 0 bridgehead atoms. The summed E-state index contributed by atoms with van der Waals surface area (Å²) in [5, 5.41) is 0. The molecule has 1 aliphatic rings. The van der Waals surface area contributed by atoms with E-state index in [1.54, 1.807) is 13.1 Å². The van der Waals surface area contributed by atoms with Crippen molar-refractivity contribution in [3.63, 3.8) is 0 Å². The molecule has 6 nitrogen and oxygen atoms in total. The lowest BCUT2D eigenvalue weighted by Crippen LogP contribution is -2.52. The molecule has 0 aliphatic carbocycles. The molecule has 110 valence electrons. The van der Waals surface area contributed by atoms with Crippen LogP contribution in [0, 0.1) is 5.41 Å². The molecule has 1 aromatic rings. The van der Waals surface area contributed by atoms with Crippen molar-refractivity contribution in [1.82, 2.24) is 20.7 Å². The van der Waals surface area contributed by atoms with Gasteiger partial charge in [0.2, 0.25) is 5.91 Å². The molecule has 2 heterocycles. The number of carbonyl (C=O) groups excluding carboxylic acids is 1. The molecule has 1 aromatic heterocycles. The van der Waals surface area contributed by atoms with Crippen LogP contribution in [0.15, 0.2) is 18.2 Å². The summed E-state index contributed by atoms with van der Waals surface area (Å²) in [5.74, 6) is 0.539. The molecule has 0 atom stereocenters. The maximum absolute atomic E-state index is 12.5. The number of likely N-dealkylation sites (tertiary alicyclic amines) is 1. The van der Waals surface area contributed by atoms with Crippen LogP contribution in [0.5, 0.6) is 0 Å². The van der Waals surface area contributed by atoms with Crippen LogP contribution < -0.4 is 16.6 Å². The third-order valence-electron chi connectivity index (χ3n) is 4.01. The lowest BCUT2D eigenvalue weighted by atomic mass is 9.74. The number of piperidine rings is 1. The summed E-state index contributed by atoms with van der Waals surface area (Å²) in [5.41, 5.74) is 11.7. The fourth-order valence-corrected chi connectivity index (χ4v) is 2.72. The number of nitrogens with zero attached hydrogens (tertiary/aromatic N) is 2. The zero-order valence-corrected chi connectivity index (χ0v) is 12.1. The molecule has 20 heavy (non-hydrogen) atoms. The molecular formula is C14H23N5O. The molecule has 2 rings (SSSR count). The Kier molecular flexibility index (Phi) is 4.57. The van der Waals surface area contributed by atoms with Crippen molar-refractivity contribution >= 4 is 11.7 Å². The van der Waals surface area contributed by atoms with Gasteiger partial charge in [0.15, 0.2) is 0 Å². The molecule has 0 spiro atoms. The first-order valence-corrected chi connectivity index (χ1v) is 6.93. The minimum Gasteiger partial charge on any atom is -0.384 e. The largest absolute Gasteiger partial charge is 0.384 e. The minimum absolute atomic E-state index is 0.0392. The summed E-state index contributed by atoms with van der Waals surface area (Å²) in [4.78, 5) is 19.1. The molecule has 1 aliphatic heterocycles. The number of amides is 1. The van der Waals surface area contributed by atoms with Gasteiger partial charge in [0, 0.05) is 19.2 Å². The lowest BCUT2D eigenvalue weighted by Gasteiger charge is -2.39. The zero-order valence-electron chi connectivity index (χ0n) is 12.1. The van der Waals surface area contributed by atoms with Gasteiger partial charge in [0.05, 0.1) is 5.41 Å². The summed E-state index contributed by atoms with van der Waals surface area (Å²) in [7, 11) is 3.79. The molecule has 6 heteroatoms. The van der Waals surface area contributed by atoms with Gasteiger partial charge in [-0.1, -0.05) is 6.07 Å². The molecule has 0 aromatic carbocycles. The van der Waals surface area contributed by atoms with E-state index in [2.05, 4.69) is 27.8 Å². The highest BCUT2D eigenvalue weighted by Crippen LogP contribution is 2.34. The molecule has 1 fully saturated rings. The van der Waals surface area contributed by atoms with Crippen molar-refractivity contribution in [2.24, 2.45) is 5.41 Å². The van der Waals surface area contributed by atoms with E-state index >= 15 is 0 Å². The van der Waals surface area contributed by atoms with Gasteiger partial charge in [-0.05, 0) is 45.1 Å². The minimum atomic E-state index is -0.406. The highest BCUT2D eigenvalue weighted by molar-refractivity contribution is 5.82. The smallest absolute Gasteiger partial charge is 0.240 e. The molecule has 0 radical (unpaired) electrons. The first kappa shape index (κ1) is 14.7. The Balaban J connectivity index is 2.20. The van der Waals surface area contributed by atoms with Crippen LogP contribution in [0.25, 0.3) is 0 Å². The van der Waals surface area contributed by atoms with Gasteiger partial charge >= 0.3 is 0 Å². The molecule has 1 amide bonds. The van der Waals surface area contributed by atoms with Gasteiger partial charge < -0.3 is 10.6 Å². The van der Waals surface area contributed by atoms with Gasteiger partial charge in [-0.25, -0.2) is 10.4 Å². The Morgan fingerprint density at radius 2 is 2.15 bits per heavy atom. The topological polar surface area (TPSA) is 83.3 Å². The number of hydrazine groups is 1. The van der Waals surface area contributed by atoms with Crippen LogP contribution >= 0.6 is 0 Å². The van der Waals surface area contributed by atoms with E-state index in [1.807, 2.05) is 12.1 Å². The molecule has 1 saturated heterocycles. The number of aromatic nitrogens is 1. The SMILES string of the molecule is CNNC(=O)C1(Cc2cccc(N)n2)CCN(C)CC1. The molecular weight excluding hydrogens is 254 g/mol. The van der Waals surface area contributed by atoms with Gasteiger partial charge in [0.1, 0.15) is 5.82 Å². The van der Waals surface area contributed by atoms with E-state index < -0.39 is 5.41 Å². The van der Waals surface area contributed by atoms with Gasteiger partial charge in [0.25, 0.3) is 0 Å². The van der Waals surface area contributed by atoms with Crippen LogP contribution in [0.2, 0.25) is 0 Å². The van der Waals surface area contributed by atoms with E-state index in [1.165, 1.54) is 0 Å². The number of nitrogens with one attached hydrogen (secondary N) is 2. The van der Waals surface area contributed by atoms with Crippen molar-refractivity contribution in [2.75, 3.05) is 32.9 Å². The summed E-state index contributed by atoms with van der Waals surface area (Å²) < 4.78 is 0. The predicted octanol–water partition coefficient (Wildman–Crippen LogP) is 0.169. The maximum Gasteiger partial charge on any atom is 0.240 e. The number of hydrogen-bond donors (Lipinski definition) is 3. The van der Waals surface area contributed by atoms with Crippen molar-refractivity contribution in [1.29, 1.82) is 0 Å². The summed E-state index contributed by atoms with van der Waals surface area (Å²) >= 11 is 0. The van der Waals surface area contributed by atoms with Crippen molar-refractivity contribution < 1.29 is 4.79 Å². The highest BCUT2D eigenvalue weighted by Gasteiger charge is 2.41. The Hall–Kier alpha value is -1.66. The number of hydrogen-bond acceptors (Lipinski definition) is 5. The van der Waals surface area contributed by atoms with Crippen LogP contribution in [-0.2, 0) is 11.2 Å². The third-order valence-corrected chi connectivity index (χ3v) is 4.01. The number of pyridine rings is 1. The van der Waals surface area contributed by atoms with Crippen molar-refractivity contribution in [2.45, 2.75) is 19.3 Å². The van der Waals surface area contributed by atoms with Gasteiger partial charge in [-0.3, -0.25) is 10.2 Å². The first-order valence-electron chi connectivity index (χ1n) is 6.93. The number of nitrogen functional groups attached to an aromatic ring is 1. The van der Waals surface area contributed by atoms with E-state index in [-0.39, 0.29) is 5.91 Å². The normalized spacial score (nSPS) is 18.7. The average Bonchev–Trinajstić information content (AvgIpc) is 2.42. The van der Waals surface area contributed by atoms with Crippen molar-refractivity contribution in [3.8, 4) is 0 Å². The second kappa shape index (κ2) is 6.19. The highest BCUT2D eigenvalue weighted by atomic mass is 16.2. The van der Waals surface area contributed by atoms with E-state index in [0.29, 0.717) is 12.2 Å². The predicted molar refractivity (Wildman–Crippen MR) is 78.7 cm³/mol. The van der Waals surface area contributed by atoms with E-state index in [4.69, 9.17) is 5.73 Å². The Morgan fingerprint density at radius 1 is 1.45 bits per heavy atom. The van der Waals surface area contributed by atoms with Gasteiger partial charge in [-0.15, -0.1) is 0 Å². The summed E-state index contributed by atoms with van der Waals surface area (Å²) in [6.45, 7) is 1.83. The Labute approximate surface area is 119 Å². The zero-order chi connectivity index (χ0) is 14.6. The van der Waals surface area contributed by atoms with E-state index in [0.717, 1.165) is 31.6 Å². The van der Waals surface area contributed by atoms with Crippen LogP contribution in [0.1, 0.15) is 18.5 Å². The van der Waals surface area contributed by atoms with E-state index in [9.17, 15) is 4.79 Å². The first-order chi connectivity index (χ1) is 9.55. The van der Waals surface area contributed by atoms with Crippen molar-refractivity contribution in [3.05, 3.63) is 23.9 Å². The number of carbonyl (C=O) groups is 1. The second-order valence-corrected chi connectivity index (χ2v) is 5.52. The average molecular weight is 277 g/mol. The fraction of sp³-hybridized carbons (Fsp3) is 0.571. The van der Waals surface area contributed by atoms with Crippen LogP contribution in [0.3, 0.4) is 0 Å². The molecule has 0 unspecified atom stereocenters. The number of rotatable bonds is 4. The molecule has 4 N–H and O–H groups in total. The lowest BCUT2D eigenvalue weighted by molar-refractivity contribution is -0.134. The Bertz CT molecular complexity index is 468. The summed E-state index contributed by atoms with van der Waals surface area (Å²) in [6.07, 6.45) is 2.28. The van der Waals surface area contributed by atoms with Crippen LogP contribution in [0.4, 0.5) is 5.82 Å². The third kappa shape index (κ3) is 3.26. The Morgan fingerprint density at radius 3 is 2.75 bits per heavy atom. The monoisotopic (exact) mass is 277 g/mol. The number of anilines is 1. The molecule has 0 saturated carbocycles. The summed E-state index contributed by atoms with van der Waals surface area (Å²) in [6, 6.07) is 5.58. The fourth-order valence-electron chi connectivity index (χ4n) is 2.72. The standard InChI is InChI=1S/C14H23N5O/c1-16-18-13(20)14(6-8-19(2)9-7-14)10-11-4-3-5-12(15)17-11/h3-5,16H,6-10H2,1-2H3,(H2,15,17)(H,18,20).